The largest absolute Gasteiger partial charge is 0.449 e. The average molecular weight is 218 g/mol. The molecule has 0 aromatic rings. The first-order valence-corrected chi connectivity index (χ1v) is 5.84. The zero-order valence-corrected chi connectivity index (χ0v) is 10.4. The first kappa shape index (κ1) is 13.8. The summed E-state index contributed by atoms with van der Waals surface area (Å²) in [4.78, 5) is 10.6. The summed E-state index contributed by atoms with van der Waals surface area (Å²) < 4.78 is 5.07. The maximum Gasteiger partial charge on any atom is 0.307 e. The topological polar surface area (TPSA) is 26.3 Å². The Kier molecular flexibility index (Phi) is 7.06. The quantitative estimate of drug-likeness (QED) is 0.306. The van der Waals surface area contributed by atoms with Crippen molar-refractivity contribution in [1.29, 1.82) is 0 Å². The van der Waals surface area contributed by atoms with E-state index in [1.807, 2.05) is 0 Å². The van der Waals surface area contributed by atoms with E-state index >= 15 is 0 Å². The standard InChI is InChI=1S/C11H22O2S/c1-4-5-6-7-8-9-10(12)13-11(2,3)14/h14H,4-9H2,1-3H3. The lowest BCUT2D eigenvalue weighted by atomic mass is 10.1. The number of carbonyl (C=O) groups is 1. The minimum atomic E-state index is -0.638. The van der Waals surface area contributed by atoms with E-state index < -0.39 is 4.93 Å². The van der Waals surface area contributed by atoms with Crippen LogP contribution in [0.1, 0.15) is 59.3 Å². The molecule has 0 rings (SSSR count). The fourth-order valence-corrected chi connectivity index (χ4v) is 1.30. The minimum Gasteiger partial charge on any atom is -0.449 e. The van der Waals surface area contributed by atoms with Gasteiger partial charge in [-0.1, -0.05) is 32.6 Å². The van der Waals surface area contributed by atoms with E-state index in [2.05, 4.69) is 19.6 Å². The Bertz CT molecular complexity index is 161. The number of rotatable bonds is 7. The molecule has 84 valence electrons. The molecular weight excluding hydrogens is 196 g/mol. The zero-order chi connectivity index (χ0) is 11.0. The number of thiol groups is 1. The molecule has 0 aliphatic carbocycles. The average Bonchev–Trinajstić information content (AvgIpc) is 2.00. The van der Waals surface area contributed by atoms with Crippen LogP contribution in [-0.4, -0.2) is 10.9 Å². The third-order valence-corrected chi connectivity index (χ3v) is 1.94. The Hall–Kier alpha value is -0.180. The lowest BCUT2D eigenvalue weighted by Gasteiger charge is -2.18. The van der Waals surface area contributed by atoms with Crippen LogP contribution in [0.2, 0.25) is 0 Å². The molecule has 0 aliphatic rings. The second kappa shape index (κ2) is 7.16. The molecule has 0 fully saturated rings. The molecule has 0 amide bonds. The molecule has 0 saturated heterocycles. The van der Waals surface area contributed by atoms with Crippen molar-refractivity contribution < 1.29 is 9.53 Å². The molecule has 0 aromatic heterocycles. The lowest BCUT2D eigenvalue weighted by Crippen LogP contribution is -2.20. The van der Waals surface area contributed by atoms with Gasteiger partial charge in [0.25, 0.3) is 0 Å². The number of ether oxygens (including phenoxy) is 1. The molecule has 0 unspecified atom stereocenters. The summed E-state index contributed by atoms with van der Waals surface area (Å²) in [7, 11) is 0. The van der Waals surface area contributed by atoms with Gasteiger partial charge in [-0.2, -0.15) is 0 Å². The highest BCUT2D eigenvalue weighted by atomic mass is 32.1. The van der Waals surface area contributed by atoms with Crippen molar-refractivity contribution in [2.45, 2.75) is 64.2 Å². The van der Waals surface area contributed by atoms with Crippen LogP contribution < -0.4 is 0 Å². The Balaban J connectivity index is 3.36. The van der Waals surface area contributed by atoms with Crippen LogP contribution in [0.4, 0.5) is 0 Å². The second-order valence-electron chi connectivity index (χ2n) is 4.09. The molecule has 0 N–H and O–H groups in total. The van der Waals surface area contributed by atoms with Gasteiger partial charge in [-0.05, 0) is 20.3 Å². The molecule has 3 heteroatoms. The Morgan fingerprint density at radius 1 is 1.21 bits per heavy atom. The molecule has 0 heterocycles. The first-order valence-electron chi connectivity index (χ1n) is 5.40. The predicted molar refractivity (Wildman–Crippen MR) is 62.5 cm³/mol. The number of hydrogen-bond acceptors (Lipinski definition) is 3. The number of hydrogen-bond donors (Lipinski definition) is 1. The van der Waals surface area contributed by atoms with Gasteiger partial charge in [0.2, 0.25) is 0 Å². The van der Waals surface area contributed by atoms with E-state index in [1.165, 1.54) is 19.3 Å². The number of unbranched alkanes of at least 4 members (excludes halogenated alkanes) is 4. The van der Waals surface area contributed by atoms with Gasteiger partial charge in [-0.15, -0.1) is 12.6 Å². The van der Waals surface area contributed by atoms with E-state index in [9.17, 15) is 4.79 Å². The summed E-state index contributed by atoms with van der Waals surface area (Å²) in [6.07, 6.45) is 6.28. The molecule has 0 atom stereocenters. The second-order valence-corrected chi connectivity index (χ2v) is 5.16. The normalized spacial score (nSPS) is 11.4. The van der Waals surface area contributed by atoms with Gasteiger partial charge in [-0.3, -0.25) is 4.79 Å². The van der Waals surface area contributed by atoms with Crippen molar-refractivity contribution in [3.8, 4) is 0 Å². The summed E-state index contributed by atoms with van der Waals surface area (Å²) in [5.74, 6) is -0.138. The maximum atomic E-state index is 11.2. The van der Waals surface area contributed by atoms with Gasteiger partial charge in [0, 0.05) is 6.42 Å². The third-order valence-electron chi connectivity index (χ3n) is 1.85. The fraction of sp³-hybridized carbons (Fsp3) is 0.909. The van der Waals surface area contributed by atoms with E-state index in [4.69, 9.17) is 4.74 Å². The van der Waals surface area contributed by atoms with E-state index in [1.54, 1.807) is 13.8 Å². The predicted octanol–water partition coefficient (Wildman–Crippen LogP) is 3.56. The highest BCUT2D eigenvalue weighted by Gasteiger charge is 2.16. The van der Waals surface area contributed by atoms with Crippen molar-refractivity contribution in [1.82, 2.24) is 0 Å². The monoisotopic (exact) mass is 218 g/mol. The lowest BCUT2D eigenvalue weighted by molar-refractivity contribution is -0.149. The highest BCUT2D eigenvalue weighted by Crippen LogP contribution is 2.15. The van der Waals surface area contributed by atoms with Gasteiger partial charge in [0.15, 0.2) is 0 Å². The minimum absolute atomic E-state index is 0.138. The van der Waals surface area contributed by atoms with Crippen LogP contribution >= 0.6 is 12.6 Å². The van der Waals surface area contributed by atoms with E-state index in [0.717, 1.165) is 12.8 Å². The van der Waals surface area contributed by atoms with Crippen LogP contribution in [0.25, 0.3) is 0 Å². The van der Waals surface area contributed by atoms with E-state index in [-0.39, 0.29) is 5.97 Å². The van der Waals surface area contributed by atoms with Crippen LogP contribution in [0, 0.1) is 0 Å². The van der Waals surface area contributed by atoms with Gasteiger partial charge >= 0.3 is 5.97 Å². The molecule has 14 heavy (non-hydrogen) atoms. The summed E-state index contributed by atoms with van der Waals surface area (Å²) in [5, 5.41) is 0. The zero-order valence-electron chi connectivity index (χ0n) is 9.51. The summed E-state index contributed by atoms with van der Waals surface area (Å²) >= 11 is 4.13. The van der Waals surface area contributed by atoms with Gasteiger partial charge < -0.3 is 4.74 Å². The molecule has 0 spiro atoms. The Morgan fingerprint density at radius 3 is 2.29 bits per heavy atom. The molecular formula is C11H22O2S. The molecule has 0 bridgehead atoms. The highest BCUT2D eigenvalue weighted by molar-refractivity contribution is 7.81. The Labute approximate surface area is 92.8 Å². The van der Waals surface area contributed by atoms with Crippen LogP contribution in [0.5, 0.6) is 0 Å². The third kappa shape index (κ3) is 9.90. The van der Waals surface area contributed by atoms with Crippen molar-refractivity contribution in [3.63, 3.8) is 0 Å². The summed E-state index contributed by atoms with van der Waals surface area (Å²) in [6.45, 7) is 5.72. The van der Waals surface area contributed by atoms with E-state index in [0.29, 0.717) is 6.42 Å². The molecule has 0 radical (unpaired) electrons. The number of esters is 1. The van der Waals surface area contributed by atoms with Gasteiger partial charge in [0.1, 0.15) is 4.93 Å². The van der Waals surface area contributed by atoms with Crippen molar-refractivity contribution in [3.05, 3.63) is 0 Å². The smallest absolute Gasteiger partial charge is 0.307 e. The van der Waals surface area contributed by atoms with Gasteiger partial charge in [-0.25, -0.2) is 0 Å². The molecule has 2 nitrogen and oxygen atoms in total. The fourth-order valence-electron chi connectivity index (χ4n) is 1.20. The SMILES string of the molecule is CCCCCCCC(=O)OC(C)(C)S. The van der Waals surface area contributed by atoms with Gasteiger partial charge in [0.05, 0.1) is 0 Å². The summed E-state index contributed by atoms with van der Waals surface area (Å²) in [6, 6.07) is 0. The van der Waals surface area contributed by atoms with Crippen molar-refractivity contribution in [2.75, 3.05) is 0 Å². The first-order chi connectivity index (χ1) is 6.45. The number of carbonyl (C=O) groups excluding carboxylic acids is 1. The van der Waals surface area contributed by atoms with Crippen LogP contribution in [0.3, 0.4) is 0 Å². The van der Waals surface area contributed by atoms with Crippen molar-refractivity contribution in [2.24, 2.45) is 0 Å². The Morgan fingerprint density at radius 2 is 1.79 bits per heavy atom. The summed E-state index contributed by atoms with van der Waals surface area (Å²) in [5.41, 5.74) is 0. The molecule has 0 aliphatic heterocycles. The van der Waals surface area contributed by atoms with Crippen molar-refractivity contribution >= 4 is 18.6 Å². The molecule has 0 aromatic carbocycles. The molecule has 0 saturated carbocycles. The van der Waals surface area contributed by atoms with Crippen LogP contribution in [-0.2, 0) is 9.53 Å². The maximum absolute atomic E-state index is 11.2. The van der Waals surface area contributed by atoms with Crippen LogP contribution in [0.15, 0.2) is 0 Å².